The van der Waals surface area contributed by atoms with Gasteiger partial charge in [0.15, 0.2) is 5.16 Å². The van der Waals surface area contributed by atoms with Crippen LogP contribution in [0.15, 0.2) is 69.9 Å². The summed E-state index contributed by atoms with van der Waals surface area (Å²) in [5.74, 6) is 0.0121. The molecule has 0 aliphatic heterocycles. The van der Waals surface area contributed by atoms with Crippen LogP contribution < -0.4 is 10.9 Å². The Bertz CT molecular complexity index is 1260. The topological polar surface area (TPSA) is 64.0 Å². The number of carbonyl (C=O) groups is 1. The van der Waals surface area contributed by atoms with E-state index in [0.717, 1.165) is 22.5 Å². The Balaban J connectivity index is 1.65. The first-order chi connectivity index (χ1) is 14.0. The fraction of sp³-hybridized carbons (Fsp3) is 0.136. The summed E-state index contributed by atoms with van der Waals surface area (Å²) >= 11 is 2.63. The second-order valence-corrected chi connectivity index (χ2v) is 8.57. The summed E-state index contributed by atoms with van der Waals surface area (Å²) in [4.78, 5) is 30.2. The molecule has 0 atom stereocenters. The van der Waals surface area contributed by atoms with Gasteiger partial charge in [0.1, 0.15) is 4.70 Å². The molecule has 7 heteroatoms. The number of hydrogen-bond donors (Lipinski definition) is 1. The summed E-state index contributed by atoms with van der Waals surface area (Å²) in [5.41, 5.74) is 4.18. The lowest BCUT2D eigenvalue weighted by Gasteiger charge is -2.12. The van der Waals surface area contributed by atoms with Crippen molar-refractivity contribution in [3.63, 3.8) is 0 Å². The molecule has 146 valence electrons. The number of aryl methyl sites for hydroxylation is 2. The van der Waals surface area contributed by atoms with E-state index in [9.17, 15) is 9.59 Å². The first kappa shape index (κ1) is 19.4. The van der Waals surface area contributed by atoms with Gasteiger partial charge in [-0.05, 0) is 60.7 Å². The van der Waals surface area contributed by atoms with Crippen LogP contribution in [0.5, 0.6) is 0 Å². The van der Waals surface area contributed by atoms with Gasteiger partial charge in [0, 0.05) is 5.69 Å². The first-order valence-electron chi connectivity index (χ1n) is 9.08. The van der Waals surface area contributed by atoms with Crippen molar-refractivity contribution in [3.8, 4) is 5.69 Å². The molecule has 2 aromatic carbocycles. The van der Waals surface area contributed by atoms with Gasteiger partial charge in [0.05, 0.1) is 17.0 Å². The number of benzene rings is 2. The van der Waals surface area contributed by atoms with Gasteiger partial charge in [-0.2, -0.15) is 0 Å². The van der Waals surface area contributed by atoms with Crippen LogP contribution in [-0.4, -0.2) is 21.2 Å². The molecule has 0 aliphatic carbocycles. The summed E-state index contributed by atoms with van der Waals surface area (Å²) in [5, 5.41) is 5.26. The van der Waals surface area contributed by atoms with E-state index >= 15 is 0 Å². The highest BCUT2D eigenvalue weighted by atomic mass is 32.2. The summed E-state index contributed by atoms with van der Waals surface area (Å²) in [6.45, 7) is 3.96. The summed E-state index contributed by atoms with van der Waals surface area (Å²) in [7, 11) is 0. The zero-order valence-electron chi connectivity index (χ0n) is 16.0. The minimum atomic E-state index is -0.143. The largest absolute Gasteiger partial charge is 0.325 e. The highest BCUT2D eigenvalue weighted by Gasteiger charge is 2.16. The van der Waals surface area contributed by atoms with E-state index in [-0.39, 0.29) is 17.2 Å². The lowest BCUT2D eigenvalue weighted by molar-refractivity contribution is -0.113. The Kier molecular flexibility index (Phi) is 5.51. The number of nitrogens with one attached hydrogen (secondary N) is 1. The lowest BCUT2D eigenvalue weighted by atomic mass is 10.2. The average Bonchev–Trinajstić information content (AvgIpc) is 3.15. The highest BCUT2D eigenvalue weighted by molar-refractivity contribution is 7.99. The van der Waals surface area contributed by atoms with Gasteiger partial charge < -0.3 is 5.32 Å². The van der Waals surface area contributed by atoms with Crippen molar-refractivity contribution in [2.24, 2.45) is 0 Å². The molecule has 0 bridgehead atoms. The van der Waals surface area contributed by atoms with E-state index in [2.05, 4.69) is 10.3 Å². The van der Waals surface area contributed by atoms with Crippen LogP contribution in [0.2, 0.25) is 0 Å². The minimum absolute atomic E-state index is 0.114. The molecule has 5 nitrogen and oxygen atoms in total. The van der Waals surface area contributed by atoms with E-state index in [1.54, 1.807) is 4.57 Å². The number of carbonyl (C=O) groups excluding carboxylic acids is 1. The van der Waals surface area contributed by atoms with E-state index in [1.165, 1.54) is 23.1 Å². The number of anilines is 1. The van der Waals surface area contributed by atoms with Gasteiger partial charge in [-0.1, -0.05) is 36.0 Å². The van der Waals surface area contributed by atoms with E-state index in [0.29, 0.717) is 15.4 Å². The molecular weight excluding hydrogens is 402 g/mol. The molecular formula is C22H19N3O2S2. The molecule has 0 saturated carbocycles. The molecule has 1 N–H and O–H groups in total. The number of rotatable bonds is 5. The third kappa shape index (κ3) is 4.26. The fourth-order valence-corrected chi connectivity index (χ4v) is 4.61. The van der Waals surface area contributed by atoms with Gasteiger partial charge in [-0.25, -0.2) is 4.98 Å². The SMILES string of the molecule is Cc1cccc(NC(=O)CSc2nc3ccsc3c(=O)n2-c2cccc(C)c2)c1. The van der Waals surface area contributed by atoms with E-state index in [1.807, 2.05) is 73.8 Å². The minimum Gasteiger partial charge on any atom is -0.325 e. The molecule has 0 fully saturated rings. The number of amides is 1. The highest BCUT2D eigenvalue weighted by Crippen LogP contribution is 2.24. The molecule has 0 saturated heterocycles. The standard InChI is InChI=1S/C22H19N3O2S2/c1-14-5-3-7-16(11-14)23-19(26)13-29-22-24-18-9-10-28-20(18)21(27)25(22)17-8-4-6-15(2)12-17/h3-12H,13H2,1-2H3,(H,23,26). The van der Waals surface area contributed by atoms with E-state index < -0.39 is 0 Å². The second kappa shape index (κ2) is 8.23. The Hall–Kier alpha value is -2.90. The summed E-state index contributed by atoms with van der Waals surface area (Å²) < 4.78 is 2.20. The number of thiophene rings is 1. The van der Waals surface area contributed by atoms with Crippen molar-refractivity contribution in [1.82, 2.24) is 9.55 Å². The Labute approximate surface area is 176 Å². The molecule has 0 spiro atoms. The van der Waals surface area contributed by atoms with Crippen LogP contribution in [0.3, 0.4) is 0 Å². The molecule has 2 aromatic heterocycles. The van der Waals surface area contributed by atoms with E-state index in [4.69, 9.17) is 0 Å². The van der Waals surface area contributed by atoms with Gasteiger partial charge in [0.25, 0.3) is 5.56 Å². The molecule has 29 heavy (non-hydrogen) atoms. The molecule has 0 radical (unpaired) electrons. The monoisotopic (exact) mass is 421 g/mol. The summed E-state index contributed by atoms with van der Waals surface area (Å²) in [6.07, 6.45) is 0. The molecule has 4 rings (SSSR count). The fourth-order valence-electron chi connectivity index (χ4n) is 3.03. The number of thioether (sulfide) groups is 1. The second-order valence-electron chi connectivity index (χ2n) is 6.72. The Morgan fingerprint density at radius 1 is 1.10 bits per heavy atom. The predicted octanol–water partition coefficient (Wildman–Crippen LogP) is 4.79. The maximum atomic E-state index is 13.1. The molecule has 0 unspecified atom stereocenters. The number of fused-ring (bicyclic) bond motifs is 1. The maximum absolute atomic E-state index is 13.1. The van der Waals surface area contributed by atoms with Crippen molar-refractivity contribution in [3.05, 3.63) is 81.5 Å². The van der Waals surface area contributed by atoms with Crippen molar-refractivity contribution >= 4 is 44.9 Å². The van der Waals surface area contributed by atoms with Crippen LogP contribution >= 0.6 is 23.1 Å². The zero-order chi connectivity index (χ0) is 20.4. The molecule has 2 heterocycles. The molecule has 0 aliphatic rings. The Morgan fingerprint density at radius 3 is 2.62 bits per heavy atom. The normalized spacial score (nSPS) is 11.0. The third-order valence-electron chi connectivity index (χ3n) is 4.34. The summed E-state index contributed by atoms with van der Waals surface area (Å²) in [6, 6.07) is 17.2. The molecule has 4 aromatic rings. The van der Waals surface area contributed by atoms with Crippen molar-refractivity contribution < 1.29 is 4.79 Å². The predicted molar refractivity (Wildman–Crippen MR) is 120 cm³/mol. The smallest absolute Gasteiger partial charge is 0.276 e. The van der Waals surface area contributed by atoms with Gasteiger partial charge in [-0.15, -0.1) is 11.3 Å². The van der Waals surface area contributed by atoms with Crippen LogP contribution in [0.1, 0.15) is 11.1 Å². The molecule has 1 amide bonds. The van der Waals surface area contributed by atoms with Crippen LogP contribution in [-0.2, 0) is 4.79 Å². The average molecular weight is 422 g/mol. The van der Waals surface area contributed by atoms with Crippen molar-refractivity contribution in [1.29, 1.82) is 0 Å². The number of aromatic nitrogens is 2. The van der Waals surface area contributed by atoms with Crippen LogP contribution in [0, 0.1) is 13.8 Å². The van der Waals surface area contributed by atoms with Crippen molar-refractivity contribution in [2.45, 2.75) is 19.0 Å². The first-order valence-corrected chi connectivity index (χ1v) is 10.9. The number of nitrogens with zero attached hydrogens (tertiary/aromatic N) is 2. The quantitative estimate of drug-likeness (QED) is 0.372. The van der Waals surface area contributed by atoms with Crippen LogP contribution in [0.4, 0.5) is 5.69 Å². The third-order valence-corrected chi connectivity index (χ3v) is 6.17. The van der Waals surface area contributed by atoms with Crippen molar-refractivity contribution in [2.75, 3.05) is 11.1 Å². The maximum Gasteiger partial charge on any atom is 0.276 e. The zero-order valence-corrected chi connectivity index (χ0v) is 17.6. The van der Waals surface area contributed by atoms with Gasteiger partial charge in [0.2, 0.25) is 5.91 Å². The Morgan fingerprint density at radius 2 is 1.86 bits per heavy atom. The van der Waals surface area contributed by atoms with Gasteiger partial charge in [-0.3, -0.25) is 14.2 Å². The number of hydrogen-bond acceptors (Lipinski definition) is 5. The lowest BCUT2D eigenvalue weighted by Crippen LogP contribution is -2.22. The van der Waals surface area contributed by atoms with Gasteiger partial charge >= 0.3 is 0 Å². The van der Waals surface area contributed by atoms with Crippen LogP contribution in [0.25, 0.3) is 15.9 Å².